The van der Waals surface area contributed by atoms with Crippen LogP contribution in [0.4, 0.5) is 0 Å². The van der Waals surface area contributed by atoms with Gasteiger partial charge in [0.05, 0.1) is 7.11 Å². The molecular formula is C10H15NOS. The van der Waals surface area contributed by atoms with Crippen LogP contribution in [0.2, 0.25) is 0 Å². The number of nitrogens with one attached hydrogen (secondary N) is 1. The molecule has 1 unspecified atom stereocenters. The first kappa shape index (κ1) is 10.4. The lowest BCUT2D eigenvalue weighted by Gasteiger charge is -2.14. The number of thiol groups is 1. The summed E-state index contributed by atoms with van der Waals surface area (Å²) in [6.45, 7) is 0. The van der Waals surface area contributed by atoms with E-state index in [1.807, 2.05) is 25.2 Å². The molecule has 0 aliphatic carbocycles. The zero-order valence-corrected chi connectivity index (χ0v) is 8.84. The number of benzene rings is 1. The van der Waals surface area contributed by atoms with E-state index in [1.54, 1.807) is 7.11 Å². The highest BCUT2D eigenvalue weighted by atomic mass is 32.1. The first-order valence-corrected chi connectivity index (χ1v) is 4.87. The van der Waals surface area contributed by atoms with Gasteiger partial charge in [-0.05, 0) is 24.7 Å². The lowest BCUT2D eigenvalue weighted by molar-refractivity contribution is 0.413. The Morgan fingerprint density at radius 1 is 1.54 bits per heavy atom. The topological polar surface area (TPSA) is 21.3 Å². The highest BCUT2D eigenvalue weighted by Crippen LogP contribution is 2.19. The average molecular weight is 197 g/mol. The number of rotatable bonds is 4. The molecule has 0 amide bonds. The second-order valence-electron chi connectivity index (χ2n) is 2.80. The van der Waals surface area contributed by atoms with Gasteiger partial charge in [-0.25, -0.2) is 0 Å². The predicted octanol–water partition coefficient (Wildman–Crippen LogP) is 1.89. The van der Waals surface area contributed by atoms with E-state index in [4.69, 9.17) is 4.74 Å². The van der Waals surface area contributed by atoms with Crippen molar-refractivity contribution in [3.63, 3.8) is 0 Å². The second-order valence-corrected chi connectivity index (χ2v) is 3.17. The minimum Gasteiger partial charge on any atom is -0.497 e. The van der Waals surface area contributed by atoms with Crippen molar-refractivity contribution in [2.75, 3.05) is 19.9 Å². The Balaban J connectivity index is 2.86. The van der Waals surface area contributed by atoms with Crippen LogP contribution in [-0.2, 0) is 0 Å². The van der Waals surface area contributed by atoms with Gasteiger partial charge in [-0.1, -0.05) is 12.1 Å². The van der Waals surface area contributed by atoms with E-state index in [-0.39, 0.29) is 0 Å². The molecule has 1 atom stereocenters. The summed E-state index contributed by atoms with van der Waals surface area (Å²) in [5.74, 6) is 1.67. The third-order valence-electron chi connectivity index (χ3n) is 2.03. The fourth-order valence-electron chi connectivity index (χ4n) is 1.22. The van der Waals surface area contributed by atoms with Crippen molar-refractivity contribution in [3.05, 3.63) is 29.8 Å². The standard InChI is InChI=1S/C10H15NOS/c1-11-10(7-13)8-4-3-5-9(6-8)12-2/h3-6,10-11,13H,7H2,1-2H3. The van der Waals surface area contributed by atoms with Gasteiger partial charge < -0.3 is 10.1 Å². The van der Waals surface area contributed by atoms with Crippen molar-refractivity contribution >= 4 is 12.6 Å². The van der Waals surface area contributed by atoms with Crippen LogP contribution in [-0.4, -0.2) is 19.9 Å². The molecule has 0 bridgehead atoms. The fourth-order valence-corrected chi connectivity index (χ4v) is 1.62. The lowest BCUT2D eigenvalue weighted by atomic mass is 10.1. The van der Waals surface area contributed by atoms with E-state index in [9.17, 15) is 0 Å². The molecule has 0 aliphatic heterocycles. The maximum Gasteiger partial charge on any atom is 0.119 e. The zero-order chi connectivity index (χ0) is 9.68. The molecule has 0 spiro atoms. The summed E-state index contributed by atoms with van der Waals surface area (Å²) in [6, 6.07) is 8.31. The Labute approximate surface area is 84.7 Å². The Kier molecular flexibility index (Phi) is 4.12. The van der Waals surface area contributed by atoms with Crippen molar-refractivity contribution in [1.29, 1.82) is 0 Å². The molecule has 0 radical (unpaired) electrons. The smallest absolute Gasteiger partial charge is 0.119 e. The van der Waals surface area contributed by atoms with E-state index < -0.39 is 0 Å². The minimum absolute atomic E-state index is 0.290. The van der Waals surface area contributed by atoms with E-state index in [2.05, 4.69) is 24.0 Å². The fraction of sp³-hybridized carbons (Fsp3) is 0.400. The quantitative estimate of drug-likeness (QED) is 0.719. The molecule has 0 saturated carbocycles. The lowest BCUT2D eigenvalue weighted by Crippen LogP contribution is -2.17. The Morgan fingerprint density at radius 2 is 2.31 bits per heavy atom. The monoisotopic (exact) mass is 197 g/mol. The van der Waals surface area contributed by atoms with Gasteiger partial charge in [-0.3, -0.25) is 0 Å². The molecule has 0 heterocycles. The molecule has 1 N–H and O–H groups in total. The van der Waals surface area contributed by atoms with Crippen LogP contribution < -0.4 is 10.1 Å². The van der Waals surface area contributed by atoms with Gasteiger partial charge in [0, 0.05) is 11.8 Å². The van der Waals surface area contributed by atoms with E-state index in [1.165, 1.54) is 5.56 Å². The van der Waals surface area contributed by atoms with E-state index in [0.29, 0.717) is 6.04 Å². The second kappa shape index (κ2) is 5.14. The van der Waals surface area contributed by atoms with Gasteiger partial charge in [0.25, 0.3) is 0 Å². The van der Waals surface area contributed by atoms with Crippen LogP contribution in [0.5, 0.6) is 5.75 Å². The molecule has 0 aromatic heterocycles. The molecule has 0 fully saturated rings. The highest BCUT2D eigenvalue weighted by Gasteiger charge is 2.06. The van der Waals surface area contributed by atoms with Crippen molar-refractivity contribution in [1.82, 2.24) is 5.32 Å². The third-order valence-corrected chi connectivity index (χ3v) is 2.39. The highest BCUT2D eigenvalue weighted by molar-refractivity contribution is 7.80. The molecule has 0 saturated heterocycles. The van der Waals surface area contributed by atoms with Crippen molar-refractivity contribution < 1.29 is 4.74 Å². The molecule has 1 aromatic carbocycles. The Bertz CT molecular complexity index is 261. The van der Waals surface area contributed by atoms with Crippen LogP contribution in [0.15, 0.2) is 24.3 Å². The molecular weight excluding hydrogens is 182 g/mol. The first-order chi connectivity index (χ1) is 6.31. The summed E-state index contributed by atoms with van der Waals surface area (Å²) in [6.07, 6.45) is 0. The van der Waals surface area contributed by atoms with Gasteiger partial charge in [-0.15, -0.1) is 0 Å². The largest absolute Gasteiger partial charge is 0.497 e. The van der Waals surface area contributed by atoms with Crippen LogP contribution in [0.3, 0.4) is 0 Å². The molecule has 1 rings (SSSR count). The zero-order valence-electron chi connectivity index (χ0n) is 7.95. The molecule has 72 valence electrons. The molecule has 3 heteroatoms. The predicted molar refractivity (Wildman–Crippen MR) is 58.6 cm³/mol. The maximum atomic E-state index is 5.14. The molecule has 0 aliphatic rings. The number of hydrogen-bond acceptors (Lipinski definition) is 3. The van der Waals surface area contributed by atoms with Gasteiger partial charge >= 0.3 is 0 Å². The summed E-state index contributed by atoms with van der Waals surface area (Å²) in [7, 11) is 3.61. The Morgan fingerprint density at radius 3 is 2.85 bits per heavy atom. The average Bonchev–Trinajstić information content (AvgIpc) is 2.20. The SMILES string of the molecule is CNC(CS)c1cccc(OC)c1. The van der Waals surface area contributed by atoms with Gasteiger partial charge in [0.2, 0.25) is 0 Å². The number of hydrogen-bond donors (Lipinski definition) is 2. The van der Waals surface area contributed by atoms with Gasteiger partial charge in [-0.2, -0.15) is 12.6 Å². The van der Waals surface area contributed by atoms with Crippen LogP contribution >= 0.6 is 12.6 Å². The van der Waals surface area contributed by atoms with Crippen LogP contribution in [0.25, 0.3) is 0 Å². The number of ether oxygens (including phenoxy) is 1. The summed E-state index contributed by atoms with van der Waals surface area (Å²) < 4.78 is 5.14. The van der Waals surface area contributed by atoms with Crippen molar-refractivity contribution in [2.24, 2.45) is 0 Å². The maximum absolute atomic E-state index is 5.14. The van der Waals surface area contributed by atoms with Gasteiger partial charge in [0.1, 0.15) is 5.75 Å². The molecule has 1 aromatic rings. The Hall–Kier alpha value is -0.670. The van der Waals surface area contributed by atoms with Crippen molar-refractivity contribution in [2.45, 2.75) is 6.04 Å². The summed E-state index contributed by atoms with van der Waals surface area (Å²) in [5.41, 5.74) is 1.21. The summed E-state index contributed by atoms with van der Waals surface area (Å²) >= 11 is 4.27. The van der Waals surface area contributed by atoms with Crippen LogP contribution in [0, 0.1) is 0 Å². The van der Waals surface area contributed by atoms with Crippen molar-refractivity contribution in [3.8, 4) is 5.75 Å². The first-order valence-electron chi connectivity index (χ1n) is 4.24. The normalized spacial score (nSPS) is 12.5. The van der Waals surface area contributed by atoms with Crippen LogP contribution in [0.1, 0.15) is 11.6 Å². The molecule has 2 nitrogen and oxygen atoms in total. The summed E-state index contributed by atoms with van der Waals surface area (Å²) in [4.78, 5) is 0. The minimum atomic E-state index is 0.290. The number of methoxy groups -OCH3 is 1. The van der Waals surface area contributed by atoms with E-state index in [0.717, 1.165) is 11.5 Å². The summed E-state index contributed by atoms with van der Waals surface area (Å²) in [5, 5.41) is 3.19. The third kappa shape index (κ3) is 2.64. The molecule has 13 heavy (non-hydrogen) atoms. The van der Waals surface area contributed by atoms with E-state index >= 15 is 0 Å². The van der Waals surface area contributed by atoms with Gasteiger partial charge in [0.15, 0.2) is 0 Å².